The molecule has 0 radical (unpaired) electrons. The summed E-state index contributed by atoms with van der Waals surface area (Å²) in [6, 6.07) is 3.27. The van der Waals surface area contributed by atoms with Crippen LogP contribution in [-0.4, -0.2) is 15.8 Å². The molecule has 1 rings (SSSR count). The number of ether oxygens (including phenoxy) is 1. The third-order valence-electron chi connectivity index (χ3n) is 1.97. The van der Waals surface area contributed by atoms with Gasteiger partial charge in [0, 0.05) is 6.07 Å². The monoisotopic (exact) mass is 191 g/mol. The number of rotatable bonds is 3. The number of nitrogens with two attached hydrogens (primary N) is 1. The second-order valence-corrected chi connectivity index (χ2v) is 3.13. The van der Waals surface area contributed by atoms with Gasteiger partial charge in [-0.15, -0.1) is 16.6 Å². The SMILES string of the molecule is C#CC(C)(CC)Oc1ccc(N)nn1. The molecule has 0 bridgehead atoms. The van der Waals surface area contributed by atoms with Crippen LogP contribution in [0.5, 0.6) is 5.88 Å². The zero-order chi connectivity index (χ0) is 10.6. The quantitative estimate of drug-likeness (QED) is 0.730. The lowest BCUT2D eigenvalue weighted by atomic mass is 10.1. The Morgan fingerprint density at radius 1 is 1.57 bits per heavy atom. The molecule has 0 saturated heterocycles. The van der Waals surface area contributed by atoms with Crippen molar-refractivity contribution in [2.45, 2.75) is 25.9 Å². The minimum atomic E-state index is -0.634. The van der Waals surface area contributed by atoms with Crippen molar-refractivity contribution in [2.24, 2.45) is 0 Å². The molecule has 1 aromatic rings. The predicted octanol–water partition coefficient (Wildman–Crippen LogP) is 1.24. The highest BCUT2D eigenvalue weighted by Crippen LogP contribution is 2.17. The molecule has 0 aliphatic carbocycles. The Morgan fingerprint density at radius 2 is 2.29 bits per heavy atom. The third-order valence-corrected chi connectivity index (χ3v) is 1.97. The van der Waals surface area contributed by atoms with Gasteiger partial charge in [0.15, 0.2) is 5.60 Å². The van der Waals surface area contributed by atoms with E-state index in [9.17, 15) is 0 Å². The Morgan fingerprint density at radius 3 is 2.71 bits per heavy atom. The average Bonchev–Trinajstić information content (AvgIpc) is 2.21. The van der Waals surface area contributed by atoms with Gasteiger partial charge in [0.2, 0.25) is 5.88 Å². The van der Waals surface area contributed by atoms with E-state index in [1.165, 1.54) is 0 Å². The van der Waals surface area contributed by atoms with Gasteiger partial charge in [-0.2, -0.15) is 0 Å². The molecule has 74 valence electrons. The predicted molar refractivity (Wildman–Crippen MR) is 54.6 cm³/mol. The summed E-state index contributed by atoms with van der Waals surface area (Å²) in [7, 11) is 0. The Hall–Kier alpha value is -1.76. The van der Waals surface area contributed by atoms with Gasteiger partial charge < -0.3 is 10.5 Å². The minimum absolute atomic E-state index is 0.358. The van der Waals surface area contributed by atoms with E-state index in [1.807, 2.05) is 13.8 Å². The summed E-state index contributed by atoms with van der Waals surface area (Å²) in [6.07, 6.45) is 6.05. The fourth-order valence-electron chi connectivity index (χ4n) is 0.819. The third kappa shape index (κ3) is 2.36. The van der Waals surface area contributed by atoms with E-state index in [-0.39, 0.29) is 0 Å². The first-order chi connectivity index (χ1) is 6.59. The molecule has 4 nitrogen and oxygen atoms in total. The zero-order valence-electron chi connectivity index (χ0n) is 8.32. The van der Waals surface area contributed by atoms with Gasteiger partial charge in [0.25, 0.3) is 0 Å². The van der Waals surface area contributed by atoms with Crippen molar-refractivity contribution >= 4 is 5.82 Å². The second kappa shape index (κ2) is 3.97. The molecule has 0 amide bonds. The Bertz CT molecular complexity index is 341. The van der Waals surface area contributed by atoms with Crippen molar-refractivity contribution in [2.75, 3.05) is 5.73 Å². The highest BCUT2D eigenvalue weighted by molar-refractivity contribution is 5.28. The highest BCUT2D eigenvalue weighted by atomic mass is 16.5. The minimum Gasteiger partial charge on any atom is -0.457 e. The molecule has 1 aromatic heterocycles. The largest absolute Gasteiger partial charge is 0.457 e. The molecule has 14 heavy (non-hydrogen) atoms. The maximum atomic E-state index is 5.49. The number of nitrogen functional groups attached to an aromatic ring is 1. The first-order valence-electron chi connectivity index (χ1n) is 4.35. The molecule has 0 aromatic carbocycles. The Labute approximate surface area is 83.5 Å². The molecule has 2 N–H and O–H groups in total. The van der Waals surface area contributed by atoms with Gasteiger partial charge in [-0.25, -0.2) is 0 Å². The van der Waals surface area contributed by atoms with Crippen LogP contribution in [-0.2, 0) is 0 Å². The van der Waals surface area contributed by atoms with Gasteiger partial charge in [0.1, 0.15) is 5.82 Å². The van der Waals surface area contributed by atoms with Crippen LogP contribution >= 0.6 is 0 Å². The van der Waals surface area contributed by atoms with Crippen molar-refractivity contribution in [1.29, 1.82) is 0 Å². The Kier molecular flexibility index (Phi) is 2.92. The highest BCUT2D eigenvalue weighted by Gasteiger charge is 2.21. The summed E-state index contributed by atoms with van der Waals surface area (Å²) < 4.78 is 5.49. The van der Waals surface area contributed by atoms with E-state index in [4.69, 9.17) is 16.9 Å². The lowest BCUT2D eigenvalue weighted by molar-refractivity contribution is 0.138. The van der Waals surface area contributed by atoms with E-state index >= 15 is 0 Å². The fourth-order valence-corrected chi connectivity index (χ4v) is 0.819. The summed E-state index contributed by atoms with van der Waals surface area (Å²) in [4.78, 5) is 0. The van der Waals surface area contributed by atoms with Crippen LogP contribution in [0.2, 0.25) is 0 Å². The zero-order valence-corrected chi connectivity index (χ0v) is 8.32. The first kappa shape index (κ1) is 10.3. The van der Waals surface area contributed by atoms with Crippen molar-refractivity contribution in [3.63, 3.8) is 0 Å². The van der Waals surface area contributed by atoms with Crippen molar-refractivity contribution in [3.05, 3.63) is 12.1 Å². The molecular formula is C10H13N3O. The van der Waals surface area contributed by atoms with Crippen LogP contribution in [0, 0.1) is 12.3 Å². The number of nitrogens with zero attached hydrogens (tertiary/aromatic N) is 2. The van der Waals surface area contributed by atoms with E-state index in [0.29, 0.717) is 18.1 Å². The summed E-state index contributed by atoms with van der Waals surface area (Å²) in [5.74, 6) is 3.32. The molecule has 0 aliphatic rings. The molecule has 0 saturated carbocycles. The number of terminal acetylenes is 1. The summed E-state index contributed by atoms with van der Waals surface area (Å²) in [6.45, 7) is 3.77. The number of anilines is 1. The van der Waals surface area contributed by atoms with Gasteiger partial charge in [-0.1, -0.05) is 12.8 Å². The Balaban J connectivity index is 2.79. The van der Waals surface area contributed by atoms with Gasteiger partial charge in [-0.05, 0) is 19.4 Å². The average molecular weight is 191 g/mol. The lowest BCUT2D eigenvalue weighted by Gasteiger charge is -2.22. The van der Waals surface area contributed by atoms with Crippen LogP contribution < -0.4 is 10.5 Å². The van der Waals surface area contributed by atoms with E-state index in [1.54, 1.807) is 12.1 Å². The molecular weight excluding hydrogens is 178 g/mol. The topological polar surface area (TPSA) is 61.0 Å². The number of aromatic nitrogens is 2. The summed E-state index contributed by atoms with van der Waals surface area (Å²) >= 11 is 0. The van der Waals surface area contributed by atoms with Gasteiger partial charge >= 0.3 is 0 Å². The molecule has 1 heterocycles. The van der Waals surface area contributed by atoms with Gasteiger partial charge in [-0.3, -0.25) is 0 Å². The summed E-state index contributed by atoms with van der Waals surface area (Å²) in [5, 5.41) is 7.43. The summed E-state index contributed by atoms with van der Waals surface area (Å²) in [5.41, 5.74) is 4.75. The van der Waals surface area contributed by atoms with Gasteiger partial charge in [0.05, 0.1) is 0 Å². The van der Waals surface area contributed by atoms with E-state index in [2.05, 4.69) is 16.1 Å². The molecule has 1 unspecified atom stereocenters. The maximum absolute atomic E-state index is 5.49. The van der Waals surface area contributed by atoms with Crippen molar-refractivity contribution < 1.29 is 4.74 Å². The smallest absolute Gasteiger partial charge is 0.235 e. The standard InChI is InChI=1S/C10H13N3O/c1-4-10(3,5-2)14-9-7-6-8(11)12-13-9/h1,6-7H,5H2,2-3H3,(H2,11,12). The second-order valence-electron chi connectivity index (χ2n) is 3.13. The molecule has 4 heteroatoms. The normalized spacial score (nSPS) is 14.1. The van der Waals surface area contributed by atoms with E-state index in [0.717, 1.165) is 0 Å². The van der Waals surface area contributed by atoms with Crippen LogP contribution in [0.3, 0.4) is 0 Å². The van der Waals surface area contributed by atoms with Crippen molar-refractivity contribution in [1.82, 2.24) is 10.2 Å². The molecule has 0 aliphatic heterocycles. The number of hydrogen-bond acceptors (Lipinski definition) is 4. The fraction of sp³-hybridized carbons (Fsp3) is 0.400. The van der Waals surface area contributed by atoms with Crippen LogP contribution in [0.4, 0.5) is 5.82 Å². The van der Waals surface area contributed by atoms with Crippen LogP contribution in [0.25, 0.3) is 0 Å². The van der Waals surface area contributed by atoms with Crippen molar-refractivity contribution in [3.8, 4) is 18.2 Å². The van der Waals surface area contributed by atoms with Crippen LogP contribution in [0.15, 0.2) is 12.1 Å². The maximum Gasteiger partial charge on any atom is 0.235 e. The first-order valence-corrected chi connectivity index (χ1v) is 4.35. The van der Waals surface area contributed by atoms with Crippen LogP contribution in [0.1, 0.15) is 20.3 Å². The molecule has 0 spiro atoms. The number of hydrogen-bond donors (Lipinski definition) is 1. The lowest BCUT2D eigenvalue weighted by Crippen LogP contribution is -2.29. The molecule has 1 atom stereocenters. The van der Waals surface area contributed by atoms with E-state index < -0.39 is 5.60 Å². The molecule has 0 fully saturated rings.